The molecule has 0 aliphatic rings. The zero-order valence-electron chi connectivity index (χ0n) is 8.18. The number of benzene rings is 1. The highest BCUT2D eigenvalue weighted by molar-refractivity contribution is 9.10. The van der Waals surface area contributed by atoms with Crippen molar-refractivity contribution in [2.75, 3.05) is 0 Å². The normalized spacial score (nSPS) is 10.3. The molecule has 3 nitrogen and oxygen atoms in total. The lowest BCUT2D eigenvalue weighted by molar-refractivity contribution is 0.0695. The Hall–Kier alpha value is -1.03. The maximum absolute atomic E-state index is 11.0. The van der Waals surface area contributed by atoms with Gasteiger partial charge in [0.05, 0.1) is 10.0 Å². The molecule has 14 heavy (non-hydrogen) atoms. The smallest absolute Gasteiger partial charge is 0.336 e. The third-order valence-electron chi connectivity index (χ3n) is 2.42. The maximum atomic E-state index is 11.0. The predicted molar refractivity (Wildman–Crippen MR) is 57.0 cm³/mol. The summed E-state index contributed by atoms with van der Waals surface area (Å²) in [5, 5.41) is 18.6. The molecule has 0 saturated carbocycles. The van der Waals surface area contributed by atoms with Gasteiger partial charge in [0.25, 0.3) is 0 Å². The molecule has 0 saturated heterocycles. The Morgan fingerprint density at radius 3 is 2.07 bits per heavy atom. The largest absolute Gasteiger partial charge is 0.506 e. The van der Waals surface area contributed by atoms with Gasteiger partial charge >= 0.3 is 5.97 Å². The van der Waals surface area contributed by atoms with Crippen LogP contribution < -0.4 is 0 Å². The van der Waals surface area contributed by atoms with Crippen molar-refractivity contribution in [2.45, 2.75) is 20.8 Å². The first-order chi connectivity index (χ1) is 6.37. The molecule has 1 aromatic carbocycles. The first-order valence-corrected chi connectivity index (χ1v) is 4.88. The average Bonchev–Trinajstić information content (AvgIpc) is 2.11. The Morgan fingerprint density at radius 1 is 1.14 bits per heavy atom. The third-order valence-corrected chi connectivity index (χ3v) is 3.39. The molecule has 0 aromatic heterocycles. The molecule has 0 atom stereocenters. The fraction of sp³-hybridized carbons (Fsp3) is 0.300. The lowest BCUT2D eigenvalue weighted by Crippen LogP contribution is -2.05. The SMILES string of the molecule is Cc1c(C)c(C(=O)O)c(C)c(Br)c1O. The predicted octanol–water partition coefficient (Wildman–Crippen LogP) is 2.78. The number of rotatable bonds is 1. The Kier molecular flexibility index (Phi) is 2.85. The summed E-state index contributed by atoms with van der Waals surface area (Å²) in [6.07, 6.45) is 0. The van der Waals surface area contributed by atoms with Crippen molar-refractivity contribution in [3.05, 3.63) is 26.7 Å². The minimum atomic E-state index is -0.969. The summed E-state index contributed by atoms with van der Waals surface area (Å²) in [4.78, 5) is 11.0. The van der Waals surface area contributed by atoms with Gasteiger partial charge in [0.2, 0.25) is 0 Å². The number of carboxylic acid groups (broad SMARTS) is 1. The summed E-state index contributed by atoms with van der Waals surface area (Å²) in [7, 11) is 0. The van der Waals surface area contributed by atoms with Gasteiger partial charge in [-0.25, -0.2) is 4.79 Å². The molecule has 1 rings (SSSR count). The second-order valence-corrected chi connectivity index (χ2v) is 4.01. The number of hydrogen-bond acceptors (Lipinski definition) is 2. The van der Waals surface area contributed by atoms with Gasteiger partial charge in [-0.15, -0.1) is 0 Å². The molecule has 0 aliphatic heterocycles. The number of aromatic hydroxyl groups is 1. The van der Waals surface area contributed by atoms with Crippen LogP contribution >= 0.6 is 15.9 Å². The Morgan fingerprint density at radius 2 is 1.64 bits per heavy atom. The van der Waals surface area contributed by atoms with E-state index in [1.807, 2.05) is 0 Å². The van der Waals surface area contributed by atoms with Crippen LogP contribution in [0, 0.1) is 20.8 Å². The van der Waals surface area contributed by atoms with Crippen LogP contribution in [0.15, 0.2) is 4.47 Å². The topological polar surface area (TPSA) is 57.5 Å². The molecule has 0 aliphatic carbocycles. The van der Waals surface area contributed by atoms with E-state index in [4.69, 9.17) is 5.11 Å². The zero-order chi connectivity index (χ0) is 11.0. The minimum Gasteiger partial charge on any atom is -0.506 e. The first kappa shape index (κ1) is 11.0. The van der Waals surface area contributed by atoms with Crippen molar-refractivity contribution in [1.82, 2.24) is 0 Å². The highest BCUT2D eigenvalue weighted by atomic mass is 79.9. The van der Waals surface area contributed by atoms with E-state index < -0.39 is 5.97 Å². The summed E-state index contributed by atoms with van der Waals surface area (Å²) in [5.41, 5.74) is 2.01. The van der Waals surface area contributed by atoms with Crippen molar-refractivity contribution in [3.63, 3.8) is 0 Å². The monoisotopic (exact) mass is 258 g/mol. The molecular weight excluding hydrogens is 248 g/mol. The van der Waals surface area contributed by atoms with Gasteiger partial charge in [-0.3, -0.25) is 0 Å². The van der Waals surface area contributed by atoms with Gasteiger partial charge in [0, 0.05) is 0 Å². The molecule has 0 heterocycles. The molecule has 0 fully saturated rings. The number of carbonyl (C=O) groups is 1. The van der Waals surface area contributed by atoms with Crippen LogP contribution in [0.3, 0.4) is 0 Å². The highest BCUT2D eigenvalue weighted by Gasteiger charge is 2.19. The summed E-state index contributed by atoms with van der Waals surface area (Å²) in [6.45, 7) is 5.05. The number of phenolic OH excluding ortho intramolecular Hbond substituents is 1. The second-order valence-electron chi connectivity index (χ2n) is 3.22. The van der Waals surface area contributed by atoms with E-state index in [0.29, 0.717) is 21.2 Å². The molecule has 76 valence electrons. The molecular formula is C10H11BrO3. The third kappa shape index (κ3) is 1.50. The summed E-state index contributed by atoms with van der Waals surface area (Å²) >= 11 is 3.17. The van der Waals surface area contributed by atoms with Gasteiger partial charge in [-0.1, -0.05) is 0 Å². The Labute approximate surface area is 90.5 Å². The number of phenols is 1. The van der Waals surface area contributed by atoms with E-state index in [1.54, 1.807) is 20.8 Å². The standard InChI is InChI=1S/C10H11BrO3/c1-4-5(2)9(12)8(11)6(3)7(4)10(13)14/h12H,1-3H3,(H,13,14). The van der Waals surface area contributed by atoms with E-state index in [-0.39, 0.29) is 11.3 Å². The van der Waals surface area contributed by atoms with Crippen molar-refractivity contribution in [2.24, 2.45) is 0 Å². The first-order valence-electron chi connectivity index (χ1n) is 4.09. The van der Waals surface area contributed by atoms with Crippen LogP contribution in [0.2, 0.25) is 0 Å². The molecule has 2 N–H and O–H groups in total. The van der Waals surface area contributed by atoms with Crippen LogP contribution in [0.1, 0.15) is 27.0 Å². The molecule has 4 heteroatoms. The Balaban J connectivity index is 3.68. The molecule has 0 unspecified atom stereocenters. The van der Waals surface area contributed by atoms with Gasteiger partial charge in [0.1, 0.15) is 5.75 Å². The zero-order valence-corrected chi connectivity index (χ0v) is 9.77. The van der Waals surface area contributed by atoms with Crippen molar-refractivity contribution < 1.29 is 15.0 Å². The highest BCUT2D eigenvalue weighted by Crippen LogP contribution is 2.35. The van der Waals surface area contributed by atoms with Crippen LogP contribution in [0.5, 0.6) is 5.75 Å². The van der Waals surface area contributed by atoms with Crippen molar-refractivity contribution in [1.29, 1.82) is 0 Å². The molecule has 0 radical (unpaired) electrons. The quantitative estimate of drug-likeness (QED) is 0.815. The fourth-order valence-corrected chi connectivity index (χ4v) is 1.91. The van der Waals surface area contributed by atoms with Crippen molar-refractivity contribution >= 4 is 21.9 Å². The van der Waals surface area contributed by atoms with E-state index in [9.17, 15) is 9.90 Å². The lowest BCUT2D eigenvalue weighted by atomic mass is 9.97. The van der Waals surface area contributed by atoms with Crippen molar-refractivity contribution in [3.8, 4) is 5.75 Å². The fourth-order valence-electron chi connectivity index (χ4n) is 1.42. The van der Waals surface area contributed by atoms with Gasteiger partial charge in [0.15, 0.2) is 0 Å². The molecule has 0 bridgehead atoms. The minimum absolute atomic E-state index is 0.116. The lowest BCUT2D eigenvalue weighted by Gasteiger charge is -2.13. The van der Waals surface area contributed by atoms with Crippen LogP contribution in [-0.4, -0.2) is 16.2 Å². The molecule has 0 amide bonds. The summed E-state index contributed by atoms with van der Waals surface area (Å²) < 4.78 is 0.456. The number of carboxylic acids is 1. The molecule has 1 aromatic rings. The second kappa shape index (κ2) is 3.61. The number of halogens is 1. The average molecular weight is 259 g/mol. The van der Waals surface area contributed by atoms with E-state index >= 15 is 0 Å². The molecule has 0 spiro atoms. The number of hydrogen-bond donors (Lipinski definition) is 2. The van der Waals surface area contributed by atoms with E-state index in [1.165, 1.54) is 0 Å². The van der Waals surface area contributed by atoms with Gasteiger partial charge < -0.3 is 10.2 Å². The Bertz CT molecular complexity index is 381. The van der Waals surface area contributed by atoms with E-state index in [0.717, 1.165) is 0 Å². The van der Waals surface area contributed by atoms with Crippen LogP contribution in [0.25, 0.3) is 0 Å². The maximum Gasteiger partial charge on any atom is 0.336 e. The summed E-state index contributed by atoms with van der Waals surface area (Å²) in [5.74, 6) is -0.853. The number of aromatic carboxylic acids is 1. The van der Waals surface area contributed by atoms with Gasteiger partial charge in [-0.05, 0) is 53.4 Å². The van der Waals surface area contributed by atoms with E-state index in [2.05, 4.69) is 15.9 Å². The van der Waals surface area contributed by atoms with Gasteiger partial charge in [-0.2, -0.15) is 0 Å². The van der Waals surface area contributed by atoms with Crippen LogP contribution in [-0.2, 0) is 0 Å². The summed E-state index contributed by atoms with van der Waals surface area (Å²) in [6, 6.07) is 0. The van der Waals surface area contributed by atoms with Crippen LogP contribution in [0.4, 0.5) is 0 Å².